The molecule has 0 bridgehead atoms. The number of imidazole rings is 1. The Morgan fingerprint density at radius 3 is 2.64 bits per heavy atom. The molecule has 0 spiro atoms. The van der Waals surface area contributed by atoms with Gasteiger partial charge in [-0.05, 0) is 40.8 Å². The van der Waals surface area contributed by atoms with Crippen molar-refractivity contribution in [3.8, 4) is 11.5 Å². The summed E-state index contributed by atoms with van der Waals surface area (Å²) in [5.74, 6) is -2.31. The zero-order chi connectivity index (χ0) is 25.7. The fraction of sp³-hybridized carbons (Fsp3) is 0.250. The molecule has 1 aliphatic heterocycles. The molecule has 36 heavy (non-hydrogen) atoms. The maximum Gasteiger partial charge on any atom is 0.366 e. The maximum absolute atomic E-state index is 13.7. The number of esters is 1. The first-order valence-electron chi connectivity index (χ1n) is 11.1. The lowest BCUT2D eigenvalue weighted by atomic mass is 9.98. The predicted molar refractivity (Wildman–Crippen MR) is 123 cm³/mol. The van der Waals surface area contributed by atoms with Gasteiger partial charge in [-0.2, -0.15) is 4.68 Å². The summed E-state index contributed by atoms with van der Waals surface area (Å²) >= 11 is 0. The number of carbonyl (C=O) groups excluding carboxylic acids is 2. The topological polar surface area (TPSA) is 132 Å². The highest BCUT2D eigenvalue weighted by atomic mass is 19.1. The zero-order valence-corrected chi connectivity index (χ0v) is 19.6. The van der Waals surface area contributed by atoms with Gasteiger partial charge in [0.15, 0.2) is 11.3 Å². The standard InChI is InChI=1S/C24H21FN6O5/c1-12(2)16-7-17(22(33)30-9-13-4-5-15(25)6-14(13)10-30)19(8-18(16)32)36-23(34)20-21-27-28-29(3)24(35)31(21)11-26-20/h4-8,11-12,32H,9-10H2,1-3H3. The average Bonchev–Trinajstić information content (AvgIpc) is 3.45. The lowest BCUT2D eigenvalue weighted by molar-refractivity contribution is 0.0710. The molecule has 0 saturated carbocycles. The predicted octanol–water partition coefficient (Wildman–Crippen LogP) is 2.17. The largest absolute Gasteiger partial charge is 0.508 e. The van der Waals surface area contributed by atoms with E-state index in [-0.39, 0.29) is 47.4 Å². The average molecular weight is 492 g/mol. The Labute approximate surface area is 203 Å². The van der Waals surface area contributed by atoms with Crippen LogP contribution in [0.1, 0.15) is 57.3 Å². The van der Waals surface area contributed by atoms with E-state index in [0.29, 0.717) is 11.1 Å². The number of carbonyl (C=O) groups is 2. The quantitative estimate of drug-likeness (QED) is 0.339. The van der Waals surface area contributed by atoms with Crippen molar-refractivity contribution in [2.75, 3.05) is 0 Å². The minimum absolute atomic E-state index is 0.0450. The number of rotatable bonds is 4. The summed E-state index contributed by atoms with van der Waals surface area (Å²) in [4.78, 5) is 44.2. The number of benzene rings is 2. The first-order valence-corrected chi connectivity index (χ1v) is 11.1. The highest BCUT2D eigenvalue weighted by Crippen LogP contribution is 2.35. The number of aromatic hydroxyl groups is 1. The molecule has 0 fully saturated rings. The van der Waals surface area contributed by atoms with E-state index in [4.69, 9.17) is 4.74 Å². The molecule has 1 N–H and O–H groups in total. The van der Waals surface area contributed by atoms with Crippen molar-refractivity contribution in [2.45, 2.75) is 32.9 Å². The third-order valence-electron chi connectivity index (χ3n) is 6.05. The summed E-state index contributed by atoms with van der Waals surface area (Å²) in [6, 6.07) is 7.03. The molecule has 0 aliphatic carbocycles. The van der Waals surface area contributed by atoms with Crippen molar-refractivity contribution in [2.24, 2.45) is 7.05 Å². The summed E-state index contributed by atoms with van der Waals surface area (Å²) in [6.45, 7) is 4.13. The van der Waals surface area contributed by atoms with E-state index >= 15 is 0 Å². The number of phenols is 1. The van der Waals surface area contributed by atoms with Gasteiger partial charge in [0.1, 0.15) is 23.6 Å². The van der Waals surface area contributed by atoms with Gasteiger partial charge >= 0.3 is 11.7 Å². The number of halogens is 1. The molecule has 11 nitrogen and oxygen atoms in total. The van der Waals surface area contributed by atoms with E-state index in [2.05, 4.69) is 15.3 Å². The van der Waals surface area contributed by atoms with Gasteiger partial charge in [0, 0.05) is 26.2 Å². The Hall–Kier alpha value is -4.61. The van der Waals surface area contributed by atoms with E-state index < -0.39 is 23.4 Å². The molecule has 0 radical (unpaired) electrons. The molecule has 2 aromatic heterocycles. The van der Waals surface area contributed by atoms with Crippen molar-refractivity contribution >= 4 is 17.5 Å². The zero-order valence-electron chi connectivity index (χ0n) is 19.6. The highest BCUT2D eigenvalue weighted by molar-refractivity contribution is 6.00. The van der Waals surface area contributed by atoms with Crippen molar-refractivity contribution in [1.82, 2.24) is 29.3 Å². The monoisotopic (exact) mass is 492 g/mol. The van der Waals surface area contributed by atoms with Crippen LogP contribution in [0.3, 0.4) is 0 Å². The number of aromatic nitrogens is 5. The molecule has 0 unspecified atom stereocenters. The molecule has 1 aliphatic rings. The fourth-order valence-electron chi connectivity index (χ4n) is 4.15. The molecule has 0 atom stereocenters. The van der Waals surface area contributed by atoms with Gasteiger partial charge in [-0.3, -0.25) is 4.79 Å². The first kappa shape index (κ1) is 23.1. The molecule has 184 valence electrons. The number of hydrogen-bond acceptors (Lipinski definition) is 8. The lowest BCUT2D eigenvalue weighted by Crippen LogP contribution is -2.28. The van der Waals surface area contributed by atoms with Crippen LogP contribution >= 0.6 is 0 Å². The van der Waals surface area contributed by atoms with Crippen LogP contribution < -0.4 is 10.4 Å². The van der Waals surface area contributed by atoms with Crippen molar-refractivity contribution in [3.05, 3.63) is 80.9 Å². The minimum Gasteiger partial charge on any atom is -0.508 e. The van der Waals surface area contributed by atoms with Crippen LogP contribution in [-0.4, -0.2) is 46.3 Å². The Bertz CT molecular complexity index is 1610. The van der Waals surface area contributed by atoms with Crippen LogP contribution in [0.5, 0.6) is 11.5 Å². The highest BCUT2D eigenvalue weighted by Gasteiger charge is 2.30. The fourth-order valence-corrected chi connectivity index (χ4v) is 4.15. The van der Waals surface area contributed by atoms with Gasteiger partial charge in [0.2, 0.25) is 0 Å². The molecular weight excluding hydrogens is 471 g/mol. The second-order valence-electron chi connectivity index (χ2n) is 8.81. The number of nitrogens with zero attached hydrogens (tertiary/aromatic N) is 6. The second-order valence-corrected chi connectivity index (χ2v) is 8.81. The normalized spacial score (nSPS) is 12.9. The van der Waals surface area contributed by atoms with E-state index in [1.165, 1.54) is 36.2 Å². The van der Waals surface area contributed by atoms with Crippen LogP contribution in [0.15, 0.2) is 41.5 Å². The van der Waals surface area contributed by atoms with Crippen molar-refractivity contribution < 1.29 is 23.8 Å². The third kappa shape index (κ3) is 3.85. The number of fused-ring (bicyclic) bond motifs is 2. The number of phenolic OH excluding ortho intramolecular Hbond substituents is 1. The van der Waals surface area contributed by atoms with E-state index in [1.54, 1.807) is 6.07 Å². The minimum atomic E-state index is -0.988. The smallest absolute Gasteiger partial charge is 0.366 e. The molecule has 0 saturated heterocycles. The molecule has 12 heteroatoms. The van der Waals surface area contributed by atoms with Crippen molar-refractivity contribution in [3.63, 3.8) is 0 Å². The second kappa shape index (κ2) is 8.56. The SMILES string of the molecule is CC(C)c1cc(C(=O)N2Cc3ccc(F)cc3C2)c(OC(=O)c2ncn3c(=O)n(C)nnc23)cc1O. The Kier molecular flexibility index (Phi) is 5.50. The number of aryl methyl sites for hydroxylation is 1. The maximum atomic E-state index is 13.7. The summed E-state index contributed by atoms with van der Waals surface area (Å²) in [6.07, 6.45) is 1.12. The van der Waals surface area contributed by atoms with Crippen LogP contribution in [0.2, 0.25) is 0 Å². The first-order chi connectivity index (χ1) is 17.1. The Morgan fingerprint density at radius 1 is 1.14 bits per heavy atom. The van der Waals surface area contributed by atoms with E-state index in [0.717, 1.165) is 21.0 Å². The molecular formula is C24H21FN6O5. The van der Waals surface area contributed by atoms with Gasteiger partial charge in [-0.25, -0.2) is 23.4 Å². The molecule has 3 heterocycles. The van der Waals surface area contributed by atoms with Gasteiger partial charge in [0.05, 0.1) is 5.56 Å². The van der Waals surface area contributed by atoms with Crippen LogP contribution in [0.4, 0.5) is 4.39 Å². The number of hydrogen-bond donors (Lipinski definition) is 1. The van der Waals surface area contributed by atoms with Gasteiger partial charge in [-0.15, -0.1) is 5.10 Å². The molecule has 1 amide bonds. The van der Waals surface area contributed by atoms with Gasteiger partial charge in [-0.1, -0.05) is 25.1 Å². The number of ether oxygens (including phenoxy) is 1. The molecule has 2 aromatic carbocycles. The Balaban J connectivity index is 1.52. The third-order valence-corrected chi connectivity index (χ3v) is 6.05. The Morgan fingerprint density at radius 2 is 1.89 bits per heavy atom. The van der Waals surface area contributed by atoms with Crippen LogP contribution in [0.25, 0.3) is 5.65 Å². The van der Waals surface area contributed by atoms with E-state index in [1.807, 2.05) is 13.8 Å². The summed E-state index contributed by atoms with van der Waals surface area (Å²) < 4.78 is 21.2. The van der Waals surface area contributed by atoms with E-state index in [9.17, 15) is 23.9 Å². The summed E-state index contributed by atoms with van der Waals surface area (Å²) in [5, 5.41) is 18.0. The summed E-state index contributed by atoms with van der Waals surface area (Å²) in [5.41, 5.74) is 1.08. The summed E-state index contributed by atoms with van der Waals surface area (Å²) in [7, 11) is 1.40. The molecule has 4 aromatic rings. The molecule has 5 rings (SSSR count). The van der Waals surface area contributed by atoms with Crippen LogP contribution in [-0.2, 0) is 20.1 Å². The number of amides is 1. The van der Waals surface area contributed by atoms with Gasteiger partial charge < -0.3 is 14.7 Å². The van der Waals surface area contributed by atoms with Gasteiger partial charge in [0.25, 0.3) is 5.91 Å². The van der Waals surface area contributed by atoms with Crippen molar-refractivity contribution in [1.29, 1.82) is 0 Å². The lowest BCUT2D eigenvalue weighted by Gasteiger charge is -2.20. The van der Waals surface area contributed by atoms with Crippen LogP contribution in [0, 0.1) is 5.82 Å².